The van der Waals surface area contributed by atoms with E-state index in [1.807, 2.05) is 37.3 Å². The van der Waals surface area contributed by atoms with Gasteiger partial charge in [-0.2, -0.15) is 0 Å². The summed E-state index contributed by atoms with van der Waals surface area (Å²) in [6.45, 7) is 1.87. The summed E-state index contributed by atoms with van der Waals surface area (Å²) >= 11 is 3.58. The first-order chi connectivity index (χ1) is 10.0. The average Bonchev–Trinajstić information content (AvgIpc) is 2.46. The Morgan fingerprint density at radius 3 is 2.76 bits per heavy atom. The van der Waals surface area contributed by atoms with Gasteiger partial charge in [0.1, 0.15) is 5.82 Å². The number of halogens is 2. The molecule has 1 atom stereocenters. The van der Waals surface area contributed by atoms with Crippen LogP contribution in [0, 0.1) is 12.7 Å². The van der Waals surface area contributed by atoms with Gasteiger partial charge in [-0.15, -0.1) is 0 Å². The lowest BCUT2D eigenvalue weighted by molar-refractivity contribution is -0.116. The van der Waals surface area contributed by atoms with Gasteiger partial charge in [0.05, 0.1) is 4.83 Å². The lowest BCUT2D eigenvalue weighted by atomic mass is 9.96. The van der Waals surface area contributed by atoms with Gasteiger partial charge in [-0.3, -0.25) is 4.79 Å². The van der Waals surface area contributed by atoms with Crippen LogP contribution in [0.4, 0.5) is 10.1 Å². The molecule has 0 aliphatic carbocycles. The normalized spacial score (nSPS) is 15.3. The second-order valence-electron chi connectivity index (χ2n) is 5.35. The molecule has 1 N–H and O–H groups in total. The minimum absolute atomic E-state index is 0.0511. The van der Waals surface area contributed by atoms with Crippen LogP contribution in [0.15, 0.2) is 36.4 Å². The Hall–Kier alpha value is -1.68. The van der Waals surface area contributed by atoms with Gasteiger partial charge in [0.15, 0.2) is 0 Å². The maximum absolute atomic E-state index is 14.1. The van der Waals surface area contributed by atoms with E-state index in [1.54, 1.807) is 6.07 Å². The minimum Gasteiger partial charge on any atom is -0.326 e. The molecular weight excluding hydrogens is 333 g/mol. The van der Waals surface area contributed by atoms with Crippen molar-refractivity contribution >= 4 is 27.5 Å². The summed E-state index contributed by atoms with van der Waals surface area (Å²) in [5, 5.41) is 2.86. The van der Waals surface area contributed by atoms with Crippen molar-refractivity contribution in [1.82, 2.24) is 0 Å². The Morgan fingerprint density at radius 1 is 1.19 bits per heavy atom. The predicted octanol–water partition coefficient (Wildman–Crippen LogP) is 4.50. The number of aryl methyl sites for hydroxylation is 2. The van der Waals surface area contributed by atoms with Crippen LogP contribution in [-0.4, -0.2) is 5.91 Å². The molecule has 0 saturated heterocycles. The van der Waals surface area contributed by atoms with E-state index < -0.39 is 0 Å². The smallest absolute Gasteiger partial charge is 0.224 e. The summed E-state index contributed by atoms with van der Waals surface area (Å²) < 4.78 is 14.1. The molecule has 1 amide bonds. The van der Waals surface area contributed by atoms with Crippen LogP contribution >= 0.6 is 15.9 Å². The Balaban J connectivity index is 1.95. The molecule has 1 heterocycles. The molecule has 0 radical (unpaired) electrons. The van der Waals surface area contributed by atoms with E-state index >= 15 is 0 Å². The molecule has 21 heavy (non-hydrogen) atoms. The Morgan fingerprint density at radius 2 is 2.00 bits per heavy atom. The molecule has 0 bridgehead atoms. The number of hydrogen-bond donors (Lipinski definition) is 1. The van der Waals surface area contributed by atoms with Crippen LogP contribution < -0.4 is 5.32 Å². The number of carbonyl (C=O) groups excluding carboxylic acids is 1. The van der Waals surface area contributed by atoms with Crippen LogP contribution in [0.2, 0.25) is 0 Å². The highest BCUT2D eigenvalue weighted by Gasteiger charge is 2.19. The summed E-state index contributed by atoms with van der Waals surface area (Å²) in [6, 6.07) is 11.1. The molecule has 0 saturated carbocycles. The number of hydrogen-bond acceptors (Lipinski definition) is 1. The number of anilines is 1. The third-order valence-electron chi connectivity index (χ3n) is 3.75. The molecule has 1 aliphatic rings. The zero-order valence-corrected chi connectivity index (χ0v) is 13.2. The van der Waals surface area contributed by atoms with Gasteiger partial charge in [-0.25, -0.2) is 4.39 Å². The lowest BCUT2D eigenvalue weighted by Crippen LogP contribution is -2.19. The monoisotopic (exact) mass is 347 g/mol. The molecule has 0 spiro atoms. The molecular formula is C17H15BrFNO. The fourth-order valence-corrected chi connectivity index (χ4v) is 3.23. The van der Waals surface area contributed by atoms with Gasteiger partial charge in [-0.1, -0.05) is 40.2 Å². The third-order valence-corrected chi connectivity index (χ3v) is 4.77. The van der Waals surface area contributed by atoms with E-state index in [4.69, 9.17) is 0 Å². The third kappa shape index (κ3) is 2.86. The Kier molecular flexibility index (Phi) is 3.81. The number of fused-ring (bicyclic) bond motifs is 1. The second kappa shape index (κ2) is 5.60. The van der Waals surface area contributed by atoms with E-state index in [-0.39, 0.29) is 16.6 Å². The molecule has 0 fully saturated rings. The molecule has 0 aromatic heterocycles. The summed E-state index contributed by atoms with van der Waals surface area (Å²) in [5.74, 6) is -0.155. The fourth-order valence-electron chi connectivity index (χ4n) is 2.58. The molecule has 1 aliphatic heterocycles. The summed E-state index contributed by atoms with van der Waals surface area (Å²) in [7, 11) is 0. The van der Waals surface area contributed by atoms with Crippen molar-refractivity contribution in [3.63, 3.8) is 0 Å². The first-order valence-electron chi connectivity index (χ1n) is 6.87. The molecule has 2 aromatic carbocycles. The molecule has 1 unspecified atom stereocenters. The number of nitrogens with one attached hydrogen (secondary N) is 1. The first kappa shape index (κ1) is 14.3. The highest BCUT2D eigenvalue weighted by atomic mass is 79.9. The lowest BCUT2D eigenvalue weighted by Gasteiger charge is -2.19. The number of alkyl halides is 1. The number of amides is 1. The molecule has 2 nitrogen and oxygen atoms in total. The van der Waals surface area contributed by atoms with Crippen LogP contribution in [-0.2, 0) is 11.2 Å². The van der Waals surface area contributed by atoms with E-state index in [0.717, 1.165) is 28.8 Å². The molecule has 4 heteroatoms. The zero-order chi connectivity index (χ0) is 15.0. The Bertz CT molecular complexity index is 714. The zero-order valence-electron chi connectivity index (χ0n) is 11.6. The van der Waals surface area contributed by atoms with E-state index in [9.17, 15) is 9.18 Å². The van der Waals surface area contributed by atoms with E-state index in [2.05, 4.69) is 21.2 Å². The number of benzene rings is 2. The van der Waals surface area contributed by atoms with Gasteiger partial charge in [0, 0.05) is 17.7 Å². The molecule has 108 valence electrons. The summed E-state index contributed by atoms with van der Waals surface area (Å²) in [6.07, 6.45) is 1.23. The van der Waals surface area contributed by atoms with E-state index in [0.29, 0.717) is 12.0 Å². The second-order valence-corrected chi connectivity index (χ2v) is 6.27. The number of rotatable bonds is 2. The maximum atomic E-state index is 14.1. The molecule has 2 aromatic rings. The van der Waals surface area contributed by atoms with Crippen molar-refractivity contribution < 1.29 is 9.18 Å². The van der Waals surface area contributed by atoms with Crippen molar-refractivity contribution in [2.75, 3.05) is 5.32 Å². The van der Waals surface area contributed by atoms with Crippen LogP contribution in [0.3, 0.4) is 0 Å². The van der Waals surface area contributed by atoms with Gasteiger partial charge in [0.25, 0.3) is 0 Å². The van der Waals surface area contributed by atoms with Crippen LogP contribution in [0.5, 0.6) is 0 Å². The standard InChI is InChI=1S/C17H15BrFNO/c1-10-2-5-13(14(19)8-10)17(18)12-3-6-15-11(9-12)4-7-16(21)20-15/h2-3,5-6,8-9,17H,4,7H2,1H3,(H,20,21). The van der Waals surface area contributed by atoms with Crippen molar-refractivity contribution in [2.24, 2.45) is 0 Å². The van der Waals surface area contributed by atoms with Gasteiger partial charge in [0.2, 0.25) is 5.91 Å². The molecule has 3 rings (SSSR count). The topological polar surface area (TPSA) is 29.1 Å². The minimum atomic E-state index is -0.206. The van der Waals surface area contributed by atoms with Gasteiger partial charge >= 0.3 is 0 Å². The first-order valence-corrected chi connectivity index (χ1v) is 7.79. The van der Waals surface area contributed by atoms with Gasteiger partial charge in [-0.05, 0) is 42.2 Å². The fraction of sp³-hybridized carbons (Fsp3) is 0.235. The highest BCUT2D eigenvalue weighted by molar-refractivity contribution is 9.09. The van der Waals surface area contributed by atoms with E-state index in [1.165, 1.54) is 0 Å². The van der Waals surface area contributed by atoms with Crippen molar-refractivity contribution in [1.29, 1.82) is 0 Å². The van der Waals surface area contributed by atoms with Gasteiger partial charge < -0.3 is 5.32 Å². The number of carbonyl (C=O) groups is 1. The van der Waals surface area contributed by atoms with Crippen LogP contribution in [0.25, 0.3) is 0 Å². The van der Waals surface area contributed by atoms with Crippen LogP contribution in [0.1, 0.15) is 33.5 Å². The highest BCUT2D eigenvalue weighted by Crippen LogP contribution is 2.35. The predicted molar refractivity (Wildman–Crippen MR) is 85.3 cm³/mol. The van der Waals surface area contributed by atoms with Crippen molar-refractivity contribution in [3.8, 4) is 0 Å². The largest absolute Gasteiger partial charge is 0.326 e. The average molecular weight is 348 g/mol. The quantitative estimate of drug-likeness (QED) is 0.796. The van der Waals surface area contributed by atoms with Crippen molar-refractivity contribution in [2.45, 2.75) is 24.6 Å². The summed E-state index contributed by atoms with van der Waals surface area (Å²) in [5.41, 5.74) is 4.49. The Labute approximate surface area is 131 Å². The van der Waals surface area contributed by atoms with Crippen molar-refractivity contribution in [3.05, 3.63) is 64.5 Å². The SMILES string of the molecule is Cc1ccc(C(Br)c2ccc3c(c2)CCC(=O)N3)c(F)c1. The summed E-state index contributed by atoms with van der Waals surface area (Å²) in [4.78, 5) is 11.2. The maximum Gasteiger partial charge on any atom is 0.224 e.